The molecule has 0 saturated carbocycles. The maximum atomic E-state index is 12.7. The van der Waals surface area contributed by atoms with Gasteiger partial charge >= 0.3 is 0 Å². The second kappa shape index (κ2) is 7.11. The summed E-state index contributed by atoms with van der Waals surface area (Å²) in [5, 5.41) is 5.38. The minimum absolute atomic E-state index is 0.161. The van der Waals surface area contributed by atoms with Crippen LogP contribution in [-0.4, -0.2) is 26.3 Å². The van der Waals surface area contributed by atoms with Crippen molar-refractivity contribution >= 4 is 27.5 Å². The normalized spacial score (nSPS) is 13.4. The summed E-state index contributed by atoms with van der Waals surface area (Å²) in [6, 6.07) is 13.9. The monoisotopic (exact) mass is 353 g/mol. The lowest BCUT2D eigenvalue weighted by molar-refractivity contribution is 0.0933. The Hall–Kier alpha value is -2.60. The van der Waals surface area contributed by atoms with Gasteiger partial charge in [0.25, 0.3) is 5.91 Å². The molecule has 0 aliphatic heterocycles. The SMILES string of the molecule is Cc1cnc(S(C)=O)nc1C(=O)NC(C)c1cccc2ccccc12. The lowest BCUT2D eigenvalue weighted by atomic mass is 9.99. The van der Waals surface area contributed by atoms with Gasteiger partial charge in [-0.05, 0) is 35.7 Å². The molecule has 3 aromatic rings. The Kier molecular flexibility index (Phi) is 4.90. The van der Waals surface area contributed by atoms with Crippen LogP contribution in [0.25, 0.3) is 10.8 Å². The standard InChI is InChI=1S/C19H19N3O2S/c1-12-11-20-19(25(3)24)22-17(12)18(23)21-13(2)15-10-6-8-14-7-4-5-9-16(14)15/h4-11,13H,1-3H3,(H,21,23). The number of hydrogen-bond donors (Lipinski definition) is 1. The van der Waals surface area contributed by atoms with Crippen LogP contribution in [0.4, 0.5) is 0 Å². The third-order valence-corrected chi connectivity index (χ3v) is 4.77. The molecule has 0 saturated heterocycles. The summed E-state index contributed by atoms with van der Waals surface area (Å²) >= 11 is 0. The lowest BCUT2D eigenvalue weighted by Crippen LogP contribution is -2.28. The zero-order valence-corrected chi connectivity index (χ0v) is 15.1. The van der Waals surface area contributed by atoms with Gasteiger partial charge in [-0.2, -0.15) is 0 Å². The molecule has 0 aliphatic carbocycles. The minimum Gasteiger partial charge on any atom is -0.344 e. The van der Waals surface area contributed by atoms with Gasteiger partial charge in [-0.25, -0.2) is 9.97 Å². The number of aryl methyl sites for hydroxylation is 1. The van der Waals surface area contributed by atoms with Crippen molar-refractivity contribution in [3.05, 3.63) is 65.5 Å². The first-order chi connectivity index (χ1) is 12.0. The molecule has 0 spiro atoms. The Balaban J connectivity index is 1.90. The molecule has 25 heavy (non-hydrogen) atoms. The Bertz CT molecular complexity index is 967. The van der Waals surface area contributed by atoms with Crippen LogP contribution in [0.1, 0.15) is 34.6 Å². The largest absolute Gasteiger partial charge is 0.344 e. The van der Waals surface area contributed by atoms with E-state index in [-0.39, 0.29) is 22.8 Å². The summed E-state index contributed by atoms with van der Waals surface area (Å²) in [6.07, 6.45) is 3.02. The highest BCUT2D eigenvalue weighted by Gasteiger charge is 2.18. The molecule has 0 bridgehead atoms. The van der Waals surface area contributed by atoms with Gasteiger partial charge < -0.3 is 5.32 Å². The van der Waals surface area contributed by atoms with Gasteiger partial charge in [-0.1, -0.05) is 42.5 Å². The van der Waals surface area contributed by atoms with Crippen LogP contribution in [0.3, 0.4) is 0 Å². The van der Waals surface area contributed by atoms with E-state index < -0.39 is 10.8 Å². The number of amides is 1. The summed E-state index contributed by atoms with van der Waals surface area (Å²) in [4.78, 5) is 20.8. The number of benzene rings is 2. The molecule has 1 aromatic heterocycles. The highest BCUT2D eigenvalue weighted by atomic mass is 32.2. The number of nitrogens with zero attached hydrogens (tertiary/aromatic N) is 2. The molecule has 2 aromatic carbocycles. The first kappa shape index (κ1) is 17.2. The van der Waals surface area contributed by atoms with Gasteiger partial charge in [-0.15, -0.1) is 0 Å². The number of hydrogen-bond acceptors (Lipinski definition) is 4. The zero-order chi connectivity index (χ0) is 18.0. The topological polar surface area (TPSA) is 72.0 Å². The number of aromatic nitrogens is 2. The van der Waals surface area contributed by atoms with Crippen molar-refractivity contribution in [2.45, 2.75) is 25.0 Å². The molecule has 1 heterocycles. The van der Waals surface area contributed by atoms with Crippen molar-refractivity contribution in [3.8, 4) is 0 Å². The van der Waals surface area contributed by atoms with Crippen LogP contribution in [0.15, 0.2) is 53.8 Å². The van der Waals surface area contributed by atoms with E-state index in [1.807, 2.05) is 49.4 Å². The van der Waals surface area contributed by atoms with E-state index in [1.165, 1.54) is 12.5 Å². The van der Waals surface area contributed by atoms with Gasteiger partial charge in [0.2, 0.25) is 5.16 Å². The van der Waals surface area contributed by atoms with Crippen LogP contribution in [0, 0.1) is 6.92 Å². The minimum atomic E-state index is -1.33. The smallest absolute Gasteiger partial charge is 0.270 e. The summed E-state index contributed by atoms with van der Waals surface area (Å²) in [7, 11) is -1.33. The van der Waals surface area contributed by atoms with E-state index in [9.17, 15) is 9.00 Å². The summed E-state index contributed by atoms with van der Waals surface area (Å²) in [5.41, 5.74) is 1.95. The van der Waals surface area contributed by atoms with E-state index in [0.717, 1.165) is 16.3 Å². The Labute approximate surface area is 149 Å². The van der Waals surface area contributed by atoms with Crippen molar-refractivity contribution in [1.82, 2.24) is 15.3 Å². The molecule has 6 heteroatoms. The zero-order valence-electron chi connectivity index (χ0n) is 14.3. The summed E-state index contributed by atoms with van der Waals surface area (Å²) in [6.45, 7) is 3.70. The van der Waals surface area contributed by atoms with Gasteiger partial charge in [0, 0.05) is 12.5 Å². The van der Waals surface area contributed by atoms with Gasteiger partial charge in [-0.3, -0.25) is 9.00 Å². The predicted octanol–water partition coefficient (Wildman–Crippen LogP) is 3.17. The first-order valence-electron chi connectivity index (χ1n) is 7.93. The molecule has 2 atom stereocenters. The van der Waals surface area contributed by atoms with E-state index in [0.29, 0.717) is 5.56 Å². The van der Waals surface area contributed by atoms with Crippen LogP contribution >= 0.6 is 0 Å². The number of nitrogens with one attached hydrogen (secondary N) is 1. The molecule has 128 valence electrons. The maximum absolute atomic E-state index is 12.7. The van der Waals surface area contributed by atoms with Gasteiger partial charge in [0.05, 0.1) is 16.8 Å². The second-order valence-corrected chi connectivity index (χ2v) is 7.18. The van der Waals surface area contributed by atoms with E-state index >= 15 is 0 Å². The average molecular weight is 353 g/mol. The van der Waals surface area contributed by atoms with Crippen LogP contribution in [0.2, 0.25) is 0 Å². The predicted molar refractivity (Wildman–Crippen MR) is 98.9 cm³/mol. The van der Waals surface area contributed by atoms with Crippen LogP contribution < -0.4 is 5.32 Å². The molecule has 5 nitrogen and oxygen atoms in total. The molecular formula is C19H19N3O2S. The number of carbonyl (C=O) groups excluding carboxylic acids is 1. The fourth-order valence-corrected chi connectivity index (χ4v) is 3.19. The number of fused-ring (bicyclic) bond motifs is 1. The molecule has 0 fully saturated rings. The second-order valence-electron chi connectivity index (χ2n) is 5.90. The molecule has 2 unspecified atom stereocenters. The van der Waals surface area contributed by atoms with E-state index in [1.54, 1.807) is 6.92 Å². The third-order valence-electron chi connectivity index (χ3n) is 4.06. The van der Waals surface area contributed by atoms with Crippen molar-refractivity contribution in [1.29, 1.82) is 0 Å². The molecule has 0 aliphatic rings. The average Bonchev–Trinajstić information content (AvgIpc) is 2.61. The summed E-state index contributed by atoms with van der Waals surface area (Å²) in [5.74, 6) is -0.299. The van der Waals surface area contributed by atoms with Crippen molar-refractivity contribution in [2.24, 2.45) is 0 Å². The molecule has 1 amide bonds. The first-order valence-corrected chi connectivity index (χ1v) is 9.49. The van der Waals surface area contributed by atoms with Crippen molar-refractivity contribution in [2.75, 3.05) is 6.26 Å². The van der Waals surface area contributed by atoms with Gasteiger partial charge in [0.15, 0.2) is 0 Å². The molecule has 3 rings (SSSR count). The van der Waals surface area contributed by atoms with E-state index in [4.69, 9.17) is 0 Å². The third kappa shape index (κ3) is 3.58. The summed E-state index contributed by atoms with van der Waals surface area (Å²) < 4.78 is 11.6. The number of rotatable bonds is 4. The van der Waals surface area contributed by atoms with Crippen molar-refractivity contribution in [3.63, 3.8) is 0 Å². The fourth-order valence-electron chi connectivity index (χ4n) is 2.77. The Morgan fingerprint density at radius 3 is 2.64 bits per heavy atom. The van der Waals surface area contributed by atoms with Gasteiger partial charge in [0.1, 0.15) is 5.69 Å². The Morgan fingerprint density at radius 2 is 1.88 bits per heavy atom. The van der Waals surface area contributed by atoms with E-state index in [2.05, 4.69) is 15.3 Å². The molecule has 0 radical (unpaired) electrons. The number of carbonyl (C=O) groups is 1. The van der Waals surface area contributed by atoms with Crippen molar-refractivity contribution < 1.29 is 9.00 Å². The van der Waals surface area contributed by atoms with Crippen LogP contribution in [0.5, 0.6) is 0 Å². The highest BCUT2D eigenvalue weighted by Crippen LogP contribution is 2.24. The van der Waals surface area contributed by atoms with Crippen LogP contribution in [-0.2, 0) is 10.8 Å². The lowest BCUT2D eigenvalue weighted by Gasteiger charge is -2.17. The fraction of sp³-hybridized carbons (Fsp3) is 0.211. The maximum Gasteiger partial charge on any atom is 0.270 e. The molecule has 1 N–H and O–H groups in total. The molecular weight excluding hydrogens is 334 g/mol. The quantitative estimate of drug-likeness (QED) is 0.731. The Morgan fingerprint density at radius 1 is 1.16 bits per heavy atom. The highest BCUT2D eigenvalue weighted by molar-refractivity contribution is 7.84.